The molecule has 1 aromatic carbocycles. The molecule has 1 aliphatic heterocycles. The van der Waals surface area contributed by atoms with Crippen molar-refractivity contribution in [1.29, 1.82) is 0 Å². The number of carboxylic acids is 1. The van der Waals surface area contributed by atoms with Gasteiger partial charge in [-0.25, -0.2) is 0 Å². The molecule has 4 rings (SSSR count). The molecule has 0 saturated heterocycles. The first kappa shape index (κ1) is 17.9. The molecule has 1 N–H and O–H groups in total. The summed E-state index contributed by atoms with van der Waals surface area (Å²) in [5.41, 5.74) is 3.20. The number of carboxylic acid groups (broad SMARTS) is 1. The molecule has 0 fully saturated rings. The molecule has 1 amide bonds. The minimum atomic E-state index is -0.838. The standard InChI is InChI=1S/C19H20N6O3/c26-18(27)7-4-15-10-17-11-23(8-1-9-25(17)22-15)19(28)14-2-5-16(6-3-14)24-12-20-21-13-24/h2-3,5-6,10,12-13H,1,4,7-9,11H2,(H,26,27). The van der Waals surface area contributed by atoms with Crippen LogP contribution in [0.4, 0.5) is 0 Å². The summed E-state index contributed by atoms with van der Waals surface area (Å²) >= 11 is 0. The van der Waals surface area contributed by atoms with Crippen LogP contribution in [0.1, 0.15) is 34.6 Å². The summed E-state index contributed by atoms with van der Waals surface area (Å²) in [6.45, 7) is 1.84. The van der Waals surface area contributed by atoms with Crippen LogP contribution in [-0.2, 0) is 24.3 Å². The van der Waals surface area contributed by atoms with Crippen LogP contribution in [0.2, 0.25) is 0 Å². The van der Waals surface area contributed by atoms with Gasteiger partial charge < -0.3 is 10.0 Å². The highest BCUT2D eigenvalue weighted by Gasteiger charge is 2.22. The molecule has 0 radical (unpaired) electrons. The van der Waals surface area contributed by atoms with Gasteiger partial charge in [-0.2, -0.15) is 5.10 Å². The Balaban J connectivity index is 1.48. The molecule has 144 valence electrons. The number of fused-ring (bicyclic) bond motifs is 1. The summed E-state index contributed by atoms with van der Waals surface area (Å²) in [6.07, 6.45) is 4.47. The van der Waals surface area contributed by atoms with E-state index in [0.717, 1.165) is 30.0 Å². The summed E-state index contributed by atoms with van der Waals surface area (Å²) < 4.78 is 3.66. The maximum atomic E-state index is 13.0. The average Bonchev–Trinajstić information content (AvgIpc) is 3.32. The van der Waals surface area contributed by atoms with Crippen molar-refractivity contribution in [3.8, 4) is 5.69 Å². The van der Waals surface area contributed by atoms with Gasteiger partial charge in [0, 0.05) is 30.8 Å². The van der Waals surface area contributed by atoms with E-state index in [2.05, 4.69) is 15.3 Å². The molecule has 2 aromatic heterocycles. The van der Waals surface area contributed by atoms with Crippen molar-refractivity contribution in [2.45, 2.75) is 32.4 Å². The number of aromatic nitrogens is 5. The van der Waals surface area contributed by atoms with Crippen LogP contribution in [0.5, 0.6) is 0 Å². The molecule has 3 heterocycles. The van der Waals surface area contributed by atoms with Gasteiger partial charge >= 0.3 is 5.97 Å². The SMILES string of the molecule is O=C(O)CCc1cc2n(n1)CCCN(C(=O)c1ccc(-n3cnnc3)cc1)C2. The molecule has 9 heteroatoms. The van der Waals surface area contributed by atoms with E-state index in [-0.39, 0.29) is 12.3 Å². The summed E-state index contributed by atoms with van der Waals surface area (Å²) in [6, 6.07) is 9.24. The van der Waals surface area contributed by atoms with Crippen LogP contribution in [0.25, 0.3) is 5.69 Å². The number of aryl methyl sites for hydroxylation is 2. The van der Waals surface area contributed by atoms with E-state index in [0.29, 0.717) is 25.1 Å². The third kappa shape index (κ3) is 3.78. The third-order valence-electron chi connectivity index (χ3n) is 4.78. The minimum absolute atomic E-state index is 0.0305. The largest absolute Gasteiger partial charge is 0.481 e. The predicted octanol–water partition coefficient (Wildman–Crippen LogP) is 1.53. The number of amides is 1. The van der Waals surface area contributed by atoms with Gasteiger partial charge in [-0.15, -0.1) is 10.2 Å². The fourth-order valence-corrected chi connectivity index (χ4v) is 3.35. The number of hydrogen-bond acceptors (Lipinski definition) is 5. The zero-order valence-electron chi connectivity index (χ0n) is 15.2. The smallest absolute Gasteiger partial charge is 0.303 e. The fraction of sp³-hybridized carbons (Fsp3) is 0.316. The number of aliphatic carboxylic acids is 1. The Bertz CT molecular complexity index is 978. The molecule has 0 aliphatic carbocycles. The van der Waals surface area contributed by atoms with Gasteiger partial charge in [0.1, 0.15) is 12.7 Å². The molecule has 9 nitrogen and oxygen atoms in total. The Hall–Kier alpha value is -3.49. The summed E-state index contributed by atoms with van der Waals surface area (Å²) in [5, 5.41) is 20.9. The summed E-state index contributed by atoms with van der Waals surface area (Å²) in [5.74, 6) is -0.869. The first-order valence-corrected chi connectivity index (χ1v) is 9.12. The molecule has 3 aromatic rings. The summed E-state index contributed by atoms with van der Waals surface area (Å²) in [7, 11) is 0. The molecular formula is C19H20N6O3. The molecule has 1 aliphatic rings. The molecule has 0 atom stereocenters. The lowest BCUT2D eigenvalue weighted by molar-refractivity contribution is -0.136. The van der Waals surface area contributed by atoms with Crippen LogP contribution in [0.15, 0.2) is 43.0 Å². The lowest BCUT2D eigenvalue weighted by atomic mass is 10.1. The van der Waals surface area contributed by atoms with Gasteiger partial charge in [0.15, 0.2) is 0 Å². The Morgan fingerprint density at radius 1 is 1.07 bits per heavy atom. The first-order chi connectivity index (χ1) is 13.6. The van der Waals surface area contributed by atoms with Crippen molar-refractivity contribution in [3.05, 3.63) is 59.9 Å². The van der Waals surface area contributed by atoms with Crippen molar-refractivity contribution < 1.29 is 14.7 Å². The lowest BCUT2D eigenvalue weighted by Gasteiger charge is -2.20. The third-order valence-corrected chi connectivity index (χ3v) is 4.78. The van der Waals surface area contributed by atoms with Crippen LogP contribution in [0.3, 0.4) is 0 Å². The van der Waals surface area contributed by atoms with E-state index in [4.69, 9.17) is 5.11 Å². The Morgan fingerprint density at radius 3 is 2.54 bits per heavy atom. The molecule has 0 bridgehead atoms. The second-order valence-electron chi connectivity index (χ2n) is 6.74. The zero-order chi connectivity index (χ0) is 19.5. The van der Waals surface area contributed by atoms with E-state index in [1.165, 1.54) is 0 Å². The highest BCUT2D eigenvalue weighted by molar-refractivity contribution is 5.94. The highest BCUT2D eigenvalue weighted by atomic mass is 16.4. The van der Waals surface area contributed by atoms with Gasteiger partial charge in [0.05, 0.1) is 24.4 Å². The van der Waals surface area contributed by atoms with E-state index in [1.807, 2.05) is 27.8 Å². The number of carbonyl (C=O) groups excluding carboxylic acids is 1. The van der Waals surface area contributed by atoms with Crippen molar-refractivity contribution in [2.75, 3.05) is 6.54 Å². The number of hydrogen-bond donors (Lipinski definition) is 1. The minimum Gasteiger partial charge on any atom is -0.481 e. The quantitative estimate of drug-likeness (QED) is 0.719. The van der Waals surface area contributed by atoms with E-state index in [1.54, 1.807) is 29.4 Å². The van der Waals surface area contributed by atoms with Crippen LogP contribution in [0, 0.1) is 0 Å². The molecular weight excluding hydrogens is 360 g/mol. The molecule has 0 saturated carbocycles. The molecule has 28 heavy (non-hydrogen) atoms. The molecule has 0 spiro atoms. The van der Waals surface area contributed by atoms with Crippen molar-refractivity contribution in [3.63, 3.8) is 0 Å². The van der Waals surface area contributed by atoms with Gasteiger partial charge in [0.25, 0.3) is 5.91 Å². The number of nitrogens with zero attached hydrogens (tertiary/aromatic N) is 6. The average molecular weight is 380 g/mol. The van der Waals surface area contributed by atoms with E-state index in [9.17, 15) is 9.59 Å². The maximum absolute atomic E-state index is 13.0. The second kappa shape index (κ2) is 7.63. The van der Waals surface area contributed by atoms with Gasteiger partial charge in [-0.1, -0.05) is 0 Å². The Kier molecular flexibility index (Phi) is 4.88. The predicted molar refractivity (Wildman–Crippen MR) is 98.9 cm³/mol. The van der Waals surface area contributed by atoms with Gasteiger partial charge in [0.2, 0.25) is 0 Å². The van der Waals surface area contributed by atoms with Crippen LogP contribution in [-0.4, -0.2) is 53.0 Å². The first-order valence-electron chi connectivity index (χ1n) is 9.12. The summed E-state index contributed by atoms with van der Waals surface area (Å²) in [4.78, 5) is 25.6. The van der Waals surface area contributed by atoms with Crippen molar-refractivity contribution in [1.82, 2.24) is 29.4 Å². The monoisotopic (exact) mass is 380 g/mol. The Labute approximate surface area is 161 Å². The van der Waals surface area contributed by atoms with Gasteiger partial charge in [-0.05, 0) is 36.8 Å². The lowest BCUT2D eigenvalue weighted by Crippen LogP contribution is -2.30. The van der Waals surface area contributed by atoms with Crippen molar-refractivity contribution >= 4 is 11.9 Å². The number of carbonyl (C=O) groups is 2. The van der Waals surface area contributed by atoms with Crippen LogP contribution < -0.4 is 0 Å². The fourth-order valence-electron chi connectivity index (χ4n) is 3.35. The number of rotatable bonds is 5. The van der Waals surface area contributed by atoms with Crippen molar-refractivity contribution in [2.24, 2.45) is 0 Å². The highest BCUT2D eigenvalue weighted by Crippen LogP contribution is 2.18. The second-order valence-corrected chi connectivity index (χ2v) is 6.74. The number of benzene rings is 1. The normalized spacial score (nSPS) is 13.8. The van der Waals surface area contributed by atoms with Crippen LogP contribution >= 0.6 is 0 Å². The topological polar surface area (TPSA) is 106 Å². The van der Waals surface area contributed by atoms with Gasteiger partial charge in [-0.3, -0.25) is 18.8 Å². The zero-order valence-corrected chi connectivity index (χ0v) is 15.2. The Morgan fingerprint density at radius 2 is 1.82 bits per heavy atom. The molecule has 0 unspecified atom stereocenters. The van der Waals surface area contributed by atoms with E-state index < -0.39 is 5.97 Å². The van der Waals surface area contributed by atoms with E-state index >= 15 is 0 Å². The maximum Gasteiger partial charge on any atom is 0.303 e.